The van der Waals surface area contributed by atoms with Crippen molar-refractivity contribution < 1.29 is 18.0 Å². The molecule has 2 N–H and O–H groups in total. The highest BCUT2D eigenvalue weighted by atomic mass is 19.4. The van der Waals surface area contributed by atoms with Crippen LogP contribution in [0, 0.1) is 5.41 Å². The van der Waals surface area contributed by atoms with Crippen LogP contribution in [-0.4, -0.2) is 11.6 Å². The van der Waals surface area contributed by atoms with Crippen molar-refractivity contribution in [2.24, 2.45) is 0 Å². The predicted octanol–water partition coefficient (Wildman–Crippen LogP) is 2.03. The van der Waals surface area contributed by atoms with Gasteiger partial charge in [0, 0.05) is 5.56 Å². The van der Waals surface area contributed by atoms with Crippen LogP contribution in [0.5, 0.6) is 0 Å². The molecule has 0 bridgehead atoms. The largest absolute Gasteiger partial charge is 0.418 e. The topological polar surface area (TPSA) is 53.0 Å². The molecule has 0 unspecified atom stereocenters. The maximum atomic E-state index is 12.5. The van der Waals surface area contributed by atoms with Crippen molar-refractivity contribution in [2.45, 2.75) is 6.18 Å². The van der Waals surface area contributed by atoms with Crippen LogP contribution >= 0.6 is 0 Å². The number of alkyl halides is 3. The van der Waals surface area contributed by atoms with Gasteiger partial charge in [0.05, 0.1) is 11.3 Å². The number of hydrogen-bond acceptors (Lipinski definition) is 2. The standard InChI is InChI=1S/C9H5F3N2O/c10-9(11,12)5-3-1-2-4-6(13)8(15)14-7(4)5/h1-3H,(H2,13,14,15). The van der Waals surface area contributed by atoms with Gasteiger partial charge in [0.2, 0.25) is 0 Å². The maximum absolute atomic E-state index is 12.5. The molecule has 0 radical (unpaired) electrons. The second-order valence-corrected chi connectivity index (χ2v) is 3.06. The second kappa shape index (κ2) is 2.82. The Morgan fingerprint density at radius 2 is 1.93 bits per heavy atom. The first-order valence-electron chi connectivity index (χ1n) is 4.02. The molecule has 1 heterocycles. The highest BCUT2D eigenvalue weighted by Gasteiger charge is 2.38. The van der Waals surface area contributed by atoms with Gasteiger partial charge in [-0.05, 0) is 6.07 Å². The molecule has 6 heteroatoms. The van der Waals surface area contributed by atoms with E-state index in [4.69, 9.17) is 5.41 Å². The summed E-state index contributed by atoms with van der Waals surface area (Å²) in [4.78, 5) is 11.0. The SMILES string of the molecule is N=C1C(=O)Nc2c1cccc2C(F)(F)F. The maximum Gasteiger partial charge on any atom is 0.418 e. The summed E-state index contributed by atoms with van der Waals surface area (Å²) in [5, 5.41) is 9.30. The molecule has 0 saturated heterocycles. The van der Waals surface area contributed by atoms with E-state index in [0.29, 0.717) is 0 Å². The first-order chi connectivity index (χ1) is 6.91. The number of hydrogen-bond donors (Lipinski definition) is 2. The summed E-state index contributed by atoms with van der Waals surface area (Å²) in [7, 11) is 0. The molecule has 0 fully saturated rings. The smallest absolute Gasteiger partial charge is 0.319 e. The quantitative estimate of drug-likeness (QED) is 0.682. The summed E-state index contributed by atoms with van der Waals surface area (Å²) in [5.74, 6) is -0.804. The fraction of sp³-hybridized carbons (Fsp3) is 0.111. The lowest BCUT2D eigenvalue weighted by Crippen LogP contribution is -2.13. The zero-order valence-electron chi connectivity index (χ0n) is 7.27. The van der Waals surface area contributed by atoms with Crippen molar-refractivity contribution in [3.63, 3.8) is 0 Å². The first-order valence-corrected chi connectivity index (χ1v) is 4.02. The Balaban J connectivity index is 2.65. The van der Waals surface area contributed by atoms with Crippen LogP contribution in [0.4, 0.5) is 18.9 Å². The Morgan fingerprint density at radius 3 is 2.53 bits per heavy atom. The van der Waals surface area contributed by atoms with Crippen LogP contribution in [0.3, 0.4) is 0 Å². The number of amides is 1. The lowest BCUT2D eigenvalue weighted by Gasteiger charge is -2.10. The van der Waals surface area contributed by atoms with Gasteiger partial charge in [-0.15, -0.1) is 0 Å². The molecule has 1 aliphatic heterocycles. The van der Waals surface area contributed by atoms with Gasteiger partial charge in [-0.25, -0.2) is 0 Å². The van der Waals surface area contributed by atoms with E-state index in [2.05, 4.69) is 0 Å². The number of carbonyl (C=O) groups is 1. The highest BCUT2D eigenvalue weighted by Crippen LogP contribution is 2.38. The Kier molecular flexibility index (Phi) is 1.82. The van der Waals surface area contributed by atoms with E-state index in [9.17, 15) is 18.0 Å². The van der Waals surface area contributed by atoms with Gasteiger partial charge in [-0.3, -0.25) is 10.2 Å². The molecule has 2 rings (SSSR count). The normalized spacial score (nSPS) is 15.1. The molecular formula is C9H5F3N2O. The Labute approximate surface area is 82.4 Å². The van der Waals surface area contributed by atoms with Gasteiger partial charge < -0.3 is 5.32 Å². The number of para-hydroxylation sites is 1. The Bertz CT molecular complexity index is 465. The highest BCUT2D eigenvalue weighted by molar-refractivity contribution is 6.52. The molecule has 15 heavy (non-hydrogen) atoms. The van der Waals surface area contributed by atoms with Gasteiger partial charge in [0.25, 0.3) is 5.91 Å². The van der Waals surface area contributed by atoms with E-state index in [1.807, 2.05) is 5.32 Å². The Morgan fingerprint density at radius 1 is 1.27 bits per heavy atom. The molecule has 1 amide bonds. The zero-order chi connectivity index (χ0) is 11.2. The molecule has 3 nitrogen and oxygen atoms in total. The van der Waals surface area contributed by atoms with Gasteiger partial charge >= 0.3 is 6.18 Å². The van der Waals surface area contributed by atoms with Crippen LogP contribution < -0.4 is 5.32 Å². The summed E-state index contributed by atoms with van der Waals surface area (Å²) in [5.41, 5.74) is -1.68. The number of fused-ring (bicyclic) bond motifs is 1. The summed E-state index contributed by atoms with van der Waals surface area (Å²) in [6.07, 6.45) is -4.52. The lowest BCUT2D eigenvalue weighted by molar-refractivity contribution is -0.136. The minimum absolute atomic E-state index is 0.00479. The third kappa shape index (κ3) is 1.38. The minimum atomic E-state index is -4.52. The molecule has 1 aliphatic rings. The number of halogens is 3. The van der Waals surface area contributed by atoms with E-state index >= 15 is 0 Å². The fourth-order valence-electron chi connectivity index (χ4n) is 1.43. The van der Waals surface area contributed by atoms with E-state index in [-0.39, 0.29) is 11.3 Å². The molecule has 0 atom stereocenters. The lowest BCUT2D eigenvalue weighted by atomic mass is 10.1. The molecule has 0 spiro atoms. The molecule has 1 aromatic carbocycles. The fourth-order valence-corrected chi connectivity index (χ4v) is 1.43. The van der Waals surface area contributed by atoms with E-state index in [1.54, 1.807) is 0 Å². The third-order valence-corrected chi connectivity index (χ3v) is 2.10. The summed E-state index contributed by atoms with van der Waals surface area (Å²) in [6, 6.07) is 3.36. The zero-order valence-corrected chi connectivity index (χ0v) is 7.27. The second-order valence-electron chi connectivity index (χ2n) is 3.06. The molecule has 0 aliphatic carbocycles. The van der Waals surface area contributed by atoms with E-state index < -0.39 is 23.4 Å². The Hall–Kier alpha value is -1.85. The van der Waals surface area contributed by atoms with Crippen LogP contribution in [0.25, 0.3) is 0 Å². The van der Waals surface area contributed by atoms with E-state index in [1.165, 1.54) is 12.1 Å². The van der Waals surface area contributed by atoms with Gasteiger partial charge in [-0.1, -0.05) is 12.1 Å². The summed E-state index contributed by atoms with van der Waals surface area (Å²) < 4.78 is 37.4. The number of carbonyl (C=O) groups excluding carboxylic acids is 1. The summed E-state index contributed by atoms with van der Waals surface area (Å²) >= 11 is 0. The van der Waals surface area contributed by atoms with Crippen LogP contribution in [0.2, 0.25) is 0 Å². The van der Waals surface area contributed by atoms with Crippen LogP contribution in [-0.2, 0) is 11.0 Å². The number of rotatable bonds is 0. The van der Waals surface area contributed by atoms with Gasteiger partial charge in [-0.2, -0.15) is 13.2 Å². The van der Waals surface area contributed by atoms with Crippen molar-refractivity contribution in [1.29, 1.82) is 5.41 Å². The molecular weight excluding hydrogens is 209 g/mol. The monoisotopic (exact) mass is 214 g/mol. The van der Waals surface area contributed by atoms with Crippen molar-refractivity contribution in [2.75, 3.05) is 5.32 Å². The number of benzene rings is 1. The molecule has 78 valence electrons. The average Bonchev–Trinajstić information content (AvgIpc) is 2.41. The minimum Gasteiger partial charge on any atom is -0.319 e. The molecule has 0 saturated carbocycles. The van der Waals surface area contributed by atoms with E-state index in [0.717, 1.165) is 6.07 Å². The van der Waals surface area contributed by atoms with Crippen LogP contribution in [0.1, 0.15) is 11.1 Å². The summed E-state index contributed by atoms with van der Waals surface area (Å²) in [6.45, 7) is 0. The van der Waals surface area contributed by atoms with Crippen molar-refractivity contribution in [1.82, 2.24) is 0 Å². The van der Waals surface area contributed by atoms with Crippen molar-refractivity contribution >= 4 is 17.3 Å². The molecule has 0 aromatic heterocycles. The number of anilines is 1. The first kappa shape index (κ1) is 9.70. The average molecular weight is 214 g/mol. The van der Waals surface area contributed by atoms with Crippen molar-refractivity contribution in [3.05, 3.63) is 29.3 Å². The van der Waals surface area contributed by atoms with Gasteiger partial charge in [0.1, 0.15) is 5.71 Å². The predicted molar refractivity (Wildman–Crippen MR) is 46.9 cm³/mol. The number of nitrogens with one attached hydrogen (secondary N) is 2. The van der Waals surface area contributed by atoms with Crippen molar-refractivity contribution in [3.8, 4) is 0 Å². The van der Waals surface area contributed by atoms with Gasteiger partial charge in [0.15, 0.2) is 0 Å². The molecule has 1 aromatic rings. The van der Waals surface area contributed by atoms with Crippen LogP contribution in [0.15, 0.2) is 18.2 Å². The third-order valence-electron chi connectivity index (χ3n) is 2.10.